The Hall–Kier alpha value is -3.70. The lowest BCUT2D eigenvalue weighted by Crippen LogP contribution is -2.53. The summed E-state index contributed by atoms with van der Waals surface area (Å²) in [6, 6.07) is 9.43. The van der Waals surface area contributed by atoms with Gasteiger partial charge in [-0.1, -0.05) is 12.1 Å². The number of morpholine rings is 1. The number of fused-ring (bicyclic) bond motifs is 1. The zero-order valence-electron chi connectivity index (χ0n) is 22.0. The van der Waals surface area contributed by atoms with Crippen molar-refractivity contribution in [2.45, 2.75) is 44.8 Å². The van der Waals surface area contributed by atoms with E-state index < -0.39 is 23.2 Å². The number of hydrogen-bond acceptors (Lipinski definition) is 8. The normalized spacial score (nSPS) is 17.9. The SMILES string of the molecule is CC(C)(C)OC(=O)N1CCC(O)(C(=O)Nc2ccc(-c3cc4c(N5CCOCC5)ncnc4[nH]3)cc2)CC1. The number of H-pyrrole nitrogens is 1. The molecular weight excluding hydrogens is 488 g/mol. The molecule has 2 aromatic heterocycles. The van der Waals surface area contributed by atoms with E-state index in [1.165, 1.54) is 4.90 Å². The third-order valence-electron chi connectivity index (χ3n) is 6.83. The maximum absolute atomic E-state index is 12.9. The number of aromatic nitrogens is 3. The number of nitrogens with one attached hydrogen (secondary N) is 2. The monoisotopic (exact) mass is 522 g/mol. The van der Waals surface area contributed by atoms with Gasteiger partial charge in [0.2, 0.25) is 0 Å². The zero-order chi connectivity index (χ0) is 26.9. The first-order chi connectivity index (χ1) is 18.1. The number of aliphatic hydroxyl groups is 1. The number of anilines is 2. The Morgan fingerprint density at radius 3 is 2.42 bits per heavy atom. The summed E-state index contributed by atoms with van der Waals surface area (Å²) in [5.74, 6) is 0.403. The van der Waals surface area contributed by atoms with Gasteiger partial charge in [-0.15, -0.1) is 0 Å². The van der Waals surface area contributed by atoms with Crippen LogP contribution < -0.4 is 10.2 Å². The number of nitrogens with zero attached hydrogens (tertiary/aromatic N) is 4. The van der Waals surface area contributed by atoms with E-state index in [0.29, 0.717) is 18.9 Å². The Morgan fingerprint density at radius 1 is 1.08 bits per heavy atom. The van der Waals surface area contributed by atoms with Crippen LogP contribution in [0.25, 0.3) is 22.3 Å². The van der Waals surface area contributed by atoms with Crippen LogP contribution in [0.3, 0.4) is 0 Å². The molecule has 4 heterocycles. The number of aromatic amines is 1. The molecule has 2 aliphatic rings. The van der Waals surface area contributed by atoms with E-state index in [1.54, 1.807) is 39.2 Å². The fourth-order valence-electron chi connectivity index (χ4n) is 4.70. The summed E-state index contributed by atoms with van der Waals surface area (Å²) in [6.07, 6.45) is 1.40. The molecule has 11 heteroatoms. The van der Waals surface area contributed by atoms with Gasteiger partial charge in [-0.3, -0.25) is 4.79 Å². The maximum Gasteiger partial charge on any atom is 0.410 e. The summed E-state index contributed by atoms with van der Waals surface area (Å²) in [6.45, 7) is 8.82. The highest BCUT2D eigenvalue weighted by Gasteiger charge is 2.41. The van der Waals surface area contributed by atoms with E-state index in [1.807, 2.05) is 18.2 Å². The molecule has 11 nitrogen and oxygen atoms in total. The second-order valence-electron chi connectivity index (χ2n) is 10.8. The Labute approximate surface area is 221 Å². The molecule has 0 saturated carbocycles. The van der Waals surface area contributed by atoms with Gasteiger partial charge >= 0.3 is 6.09 Å². The van der Waals surface area contributed by atoms with Gasteiger partial charge in [0, 0.05) is 50.4 Å². The second kappa shape index (κ2) is 10.2. The average Bonchev–Trinajstić information content (AvgIpc) is 3.33. The molecule has 202 valence electrons. The van der Waals surface area contributed by atoms with Crippen LogP contribution >= 0.6 is 0 Å². The minimum atomic E-state index is -1.55. The van der Waals surface area contributed by atoms with Crippen LogP contribution in [0.5, 0.6) is 0 Å². The summed E-state index contributed by atoms with van der Waals surface area (Å²) >= 11 is 0. The third-order valence-corrected chi connectivity index (χ3v) is 6.83. The van der Waals surface area contributed by atoms with Crippen molar-refractivity contribution in [1.29, 1.82) is 0 Å². The first-order valence-electron chi connectivity index (χ1n) is 12.9. The van der Waals surface area contributed by atoms with E-state index in [-0.39, 0.29) is 25.9 Å². The van der Waals surface area contributed by atoms with E-state index >= 15 is 0 Å². The Balaban J connectivity index is 1.23. The summed E-state index contributed by atoms with van der Waals surface area (Å²) in [4.78, 5) is 41.2. The smallest absolute Gasteiger partial charge is 0.410 e. The van der Waals surface area contributed by atoms with Crippen LogP contribution in [0.15, 0.2) is 36.7 Å². The molecular formula is C27H34N6O5. The van der Waals surface area contributed by atoms with Crippen molar-refractivity contribution in [3.8, 4) is 11.3 Å². The fraction of sp³-hybridized carbons (Fsp3) is 0.481. The highest BCUT2D eigenvalue weighted by atomic mass is 16.6. The van der Waals surface area contributed by atoms with Gasteiger partial charge in [-0.25, -0.2) is 14.8 Å². The molecule has 38 heavy (non-hydrogen) atoms. The standard InChI is InChI=1S/C27H34N6O5/c1-26(2,3)38-25(35)33-10-8-27(36,9-11-33)24(34)30-19-6-4-18(5-7-19)21-16-20-22(31-21)28-17-29-23(20)32-12-14-37-15-13-32/h4-7,16-17,36H,8-15H2,1-3H3,(H,30,34)(H,28,29,31). The van der Waals surface area contributed by atoms with Gasteiger partial charge in [0.1, 0.15) is 29.0 Å². The molecule has 0 spiro atoms. The molecule has 0 bridgehead atoms. The summed E-state index contributed by atoms with van der Waals surface area (Å²) in [5.41, 5.74) is 1.00. The van der Waals surface area contributed by atoms with Crippen LogP contribution in [0.1, 0.15) is 33.6 Å². The molecule has 1 aromatic carbocycles. The summed E-state index contributed by atoms with van der Waals surface area (Å²) in [7, 11) is 0. The Bertz CT molecular complexity index is 1300. The van der Waals surface area contributed by atoms with Gasteiger partial charge in [0.25, 0.3) is 5.91 Å². The van der Waals surface area contributed by atoms with Crippen molar-refractivity contribution in [2.24, 2.45) is 0 Å². The number of likely N-dealkylation sites (tertiary alicyclic amines) is 1. The van der Waals surface area contributed by atoms with Crippen molar-refractivity contribution >= 4 is 34.5 Å². The number of carbonyl (C=O) groups excluding carboxylic acids is 2. The predicted octanol–water partition coefficient (Wildman–Crippen LogP) is 3.16. The second-order valence-corrected chi connectivity index (χ2v) is 10.8. The topological polar surface area (TPSA) is 133 Å². The lowest BCUT2D eigenvalue weighted by molar-refractivity contribution is -0.138. The summed E-state index contributed by atoms with van der Waals surface area (Å²) in [5, 5.41) is 14.7. The lowest BCUT2D eigenvalue weighted by atomic mass is 9.90. The van der Waals surface area contributed by atoms with Crippen molar-refractivity contribution < 1.29 is 24.2 Å². The van der Waals surface area contributed by atoms with Crippen LogP contribution in [0, 0.1) is 0 Å². The number of benzene rings is 1. The Kier molecular flexibility index (Phi) is 6.97. The number of piperidine rings is 1. The van der Waals surface area contributed by atoms with Crippen molar-refractivity contribution in [1.82, 2.24) is 19.9 Å². The molecule has 0 unspecified atom stereocenters. The maximum atomic E-state index is 12.9. The molecule has 0 atom stereocenters. The molecule has 2 aliphatic heterocycles. The van der Waals surface area contributed by atoms with E-state index in [2.05, 4.69) is 25.2 Å². The minimum Gasteiger partial charge on any atom is -0.444 e. The van der Waals surface area contributed by atoms with E-state index in [4.69, 9.17) is 9.47 Å². The van der Waals surface area contributed by atoms with Gasteiger partial charge in [-0.2, -0.15) is 0 Å². The van der Waals surface area contributed by atoms with Crippen molar-refractivity contribution in [3.63, 3.8) is 0 Å². The zero-order valence-corrected chi connectivity index (χ0v) is 22.0. The largest absolute Gasteiger partial charge is 0.444 e. The molecule has 5 rings (SSSR count). The van der Waals surface area contributed by atoms with E-state index in [9.17, 15) is 14.7 Å². The number of ether oxygens (including phenoxy) is 2. The average molecular weight is 523 g/mol. The highest BCUT2D eigenvalue weighted by Crippen LogP contribution is 2.30. The summed E-state index contributed by atoms with van der Waals surface area (Å²) < 4.78 is 10.9. The molecule has 2 saturated heterocycles. The van der Waals surface area contributed by atoms with Crippen LogP contribution in [-0.2, 0) is 14.3 Å². The molecule has 2 fully saturated rings. The predicted molar refractivity (Wildman–Crippen MR) is 143 cm³/mol. The molecule has 0 aliphatic carbocycles. The minimum absolute atomic E-state index is 0.137. The number of rotatable bonds is 4. The van der Waals surface area contributed by atoms with Crippen LogP contribution in [-0.4, -0.2) is 87.6 Å². The van der Waals surface area contributed by atoms with Gasteiger partial charge in [0.05, 0.1) is 18.6 Å². The fourth-order valence-corrected chi connectivity index (χ4v) is 4.70. The quantitative estimate of drug-likeness (QED) is 0.476. The Morgan fingerprint density at radius 2 is 1.76 bits per heavy atom. The van der Waals surface area contributed by atoms with Crippen LogP contribution in [0.4, 0.5) is 16.3 Å². The molecule has 3 N–H and O–H groups in total. The molecule has 0 radical (unpaired) electrons. The first kappa shape index (κ1) is 25.9. The molecule has 2 amide bonds. The van der Waals surface area contributed by atoms with Crippen molar-refractivity contribution in [3.05, 3.63) is 36.7 Å². The third kappa shape index (κ3) is 5.58. The number of hydrogen-bond donors (Lipinski definition) is 3. The van der Waals surface area contributed by atoms with E-state index in [0.717, 1.165) is 41.2 Å². The molecule has 3 aromatic rings. The van der Waals surface area contributed by atoms with Gasteiger partial charge in [-0.05, 0) is 44.5 Å². The highest BCUT2D eigenvalue weighted by molar-refractivity contribution is 5.97. The van der Waals surface area contributed by atoms with Gasteiger partial charge in [0.15, 0.2) is 0 Å². The lowest BCUT2D eigenvalue weighted by Gasteiger charge is -2.37. The first-order valence-corrected chi connectivity index (χ1v) is 12.9. The van der Waals surface area contributed by atoms with Gasteiger partial charge < -0.3 is 34.7 Å². The van der Waals surface area contributed by atoms with Crippen LogP contribution in [0.2, 0.25) is 0 Å². The number of amides is 2. The van der Waals surface area contributed by atoms with Crippen molar-refractivity contribution in [2.75, 3.05) is 49.6 Å². The number of carbonyl (C=O) groups is 2.